The summed E-state index contributed by atoms with van der Waals surface area (Å²) in [5.74, 6) is -0.645. The van der Waals surface area contributed by atoms with Gasteiger partial charge in [0.05, 0.1) is 25.2 Å². The Bertz CT molecular complexity index is 163. The maximum atomic E-state index is 8.37. The van der Waals surface area contributed by atoms with Gasteiger partial charge in [-0.05, 0) is 13.8 Å². The van der Waals surface area contributed by atoms with Crippen LogP contribution in [0.5, 0.6) is 0 Å². The number of hydrogen-bond donors (Lipinski definition) is 0. The van der Waals surface area contributed by atoms with Crippen LogP contribution >= 0.6 is 0 Å². The first-order valence-electron chi connectivity index (χ1n) is 3.35. The van der Waals surface area contributed by atoms with E-state index in [1.165, 1.54) is 0 Å². The van der Waals surface area contributed by atoms with Gasteiger partial charge in [-0.3, -0.25) is 0 Å². The molecule has 2 unspecified atom stereocenters. The van der Waals surface area contributed by atoms with Gasteiger partial charge in [-0.1, -0.05) is 0 Å². The van der Waals surface area contributed by atoms with Gasteiger partial charge in [0, 0.05) is 0 Å². The van der Waals surface area contributed by atoms with Gasteiger partial charge in [-0.2, -0.15) is 5.26 Å². The molecule has 0 N–H and O–H groups in total. The van der Waals surface area contributed by atoms with Crippen molar-refractivity contribution in [3.05, 3.63) is 0 Å². The highest BCUT2D eigenvalue weighted by molar-refractivity contribution is 4.83. The molecule has 3 nitrogen and oxygen atoms in total. The first kappa shape index (κ1) is 7.52. The largest absolute Gasteiger partial charge is 0.346 e. The summed E-state index contributed by atoms with van der Waals surface area (Å²) in [5, 5.41) is 8.37. The fraction of sp³-hybridized carbons (Fsp3) is 0.857. The third-order valence-electron chi connectivity index (χ3n) is 1.47. The first-order valence-corrected chi connectivity index (χ1v) is 3.35. The second-order valence-corrected chi connectivity index (χ2v) is 2.71. The van der Waals surface area contributed by atoms with Gasteiger partial charge in [-0.25, -0.2) is 0 Å². The number of ether oxygens (including phenoxy) is 2. The molecule has 0 spiro atoms. The zero-order valence-corrected chi connectivity index (χ0v) is 6.26. The minimum atomic E-state index is -0.645. The summed E-state index contributed by atoms with van der Waals surface area (Å²) in [7, 11) is 0. The Kier molecular flexibility index (Phi) is 1.93. The maximum Gasteiger partial charge on any atom is 0.178 e. The molecule has 1 saturated heterocycles. The van der Waals surface area contributed by atoms with Crippen LogP contribution in [0.25, 0.3) is 0 Å². The second-order valence-electron chi connectivity index (χ2n) is 2.71. The Morgan fingerprint density at radius 3 is 2.90 bits per heavy atom. The van der Waals surface area contributed by atoms with Gasteiger partial charge in [0.1, 0.15) is 0 Å². The molecule has 0 aromatic heterocycles. The molecule has 0 amide bonds. The lowest BCUT2D eigenvalue weighted by Gasteiger charge is -2.18. The predicted molar refractivity (Wildman–Crippen MR) is 35.1 cm³/mol. The maximum absolute atomic E-state index is 8.37. The molecule has 0 bridgehead atoms. The van der Waals surface area contributed by atoms with E-state index in [0.29, 0.717) is 13.0 Å². The van der Waals surface area contributed by atoms with Crippen molar-refractivity contribution < 1.29 is 9.47 Å². The van der Waals surface area contributed by atoms with E-state index < -0.39 is 5.79 Å². The third-order valence-corrected chi connectivity index (χ3v) is 1.47. The fourth-order valence-electron chi connectivity index (χ4n) is 1.02. The highest BCUT2D eigenvalue weighted by Gasteiger charge is 2.34. The first-order chi connectivity index (χ1) is 4.66. The highest BCUT2D eigenvalue weighted by atomic mass is 16.7. The molecular weight excluding hydrogens is 130 g/mol. The predicted octanol–water partition coefficient (Wildman–Crippen LogP) is 1.05. The Morgan fingerprint density at radius 2 is 2.50 bits per heavy atom. The highest BCUT2D eigenvalue weighted by Crippen LogP contribution is 2.25. The average molecular weight is 141 g/mol. The molecule has 1 rings (SSSR count). The summed E-state index contributed by atoms with van der Waals surface area (Å²) in [6.45, 7) is 4.32. The number of nitrogens with zero attached hydrogens (tertiary/aromatic N) is 1. The standard InChI is InChI=1S/C7H11NO2/c1-6-5-9-7(2,10-6)3-4-8/h6H,3,5H2,1-2H3. The van der Waals surface area contributed by atoms with Crippen molar-refractivity contribution in [1.29, 1.82) is 5.26 Å². The smallest absolute Gasteiger partial charge is 0.178 e. The van der Waals surface area contributed by atoms with Crippen molar-refractivity contribution in [2.24, 2.45) is 0 Å². The number of nitriles is 1. The Morgan fingerprint density at radius 1 is 1.80 bits per heavy atom. The van der Waals surface area contributed by atoms with Gasteiger partial charge in [0.25, 0.3) is 0 Å². The van der Waals surface area contributed by atoms with Crippen molar-refractivity contribution in [3.63, 3.8) is 0 Å². The van der Waals surface area contributed by atoms with Gasteiger partial charge in [0.15, 0.2) is 5.79 Å². The van der Waals surface area contributed by atoms with E-state index in [0.717, 1.165) is 0 Å². The van der Waals surface area contributed by atoms with Crippen LogP contribution in [0.4, 0.5) is 0 Å². The van der Waals surface area contributed by atoms with Crippen LogP contribution in [0.1, 0.15) is 20.3 Å². The van der Waals surface area contributed by atoms with E-state index in [9.17, 15) is 0 Å². The van der Waals surface area contributed by atoms with Crippen LogP contribution < -0.4 is 0 Å². The molecular formula is C7H11NO2. The molecule has 0 aliphatic carbocycles. The molecule has 2 atom stereocenters. The van der Waals surface area contributed by atoms with E-state index in [1.807, 2.05) is 13.0 Å². The van der Waals surface area contributed by atoms with Crippen molar-refractivity contribution in [1.82, 2.24) is 0 Å². The van der Waals surface area contributed by atoms with Crippen LogP contribution in [0.2, 0.25) is 0 Å². The second kappa shape index (κ2) is 2.57. The summed E-state index contributed by atoms with van der Waals surface area (Å²) >= 11 is 0. The van der Waals surface area contributed by atoms with Gasteiger partial charge >= 0.3 is 0 Å². The molecule has 3 heteroatoms. The summed E-state index contributed by atoms with van der Waals surface area (Å²) in [6, 6.07) is 2.02. The Hall–Kier alpha value is -0.590. The monoisotopic (exact) mass is 141 g/mol. The summed E-state index contributed by atoms with van der Waals surface area (Å²) in [4.78, 5) is 0. The lowest BCUT2D eigenvalue weighted by molar-refractivity contribution is -0.147. The van der Waals surface area contributed by atoms with Crippen LogP contribution in [-0.4, -0.2) is 18.5 Å². The van der Waals surface area contributed by atoms with E-state index in [1.54, 1.807) is 6.92 Å². The van der Waals surface area contributed by atoms with Crippen LogP contribution in [0.3, 0.4) is 0 Å². The van der Waals surface area contributed by atoms with E-state index in [2.05, 4.69) is 0 Å². The minimum absolute atomic E-state index is 0.123. The SMILES string of the molecule is CC1COC(C)(CC#N)O1. The lowest BCUT2D eigenvalue weighted by atomic mass is 10.2. The number of rotatable bonds is 1. The summed E-state index contributed by atoms with van der Waals surface area (Å²) in [5.41, 5.74) is 0. The molecule has 1 aliphatic heterocycles. The Balaban J connectivity index is 2.48. The molecule has 10 heavy (non-hydrogen) atoms. The fourth-order valence-corrected chi connectivity index (χ4v) is 1.02. The summed E-state index contributed by atoms with van der Waals surface area (Å²) in [6.07, 6.45) is 0.426. The molecule has 56 valence electrons. The van der Waals surface area contributed by atoms with Gasteiger partial charge in [-0.15, -0.1) is 0 Å². The van der Waals surface area contributed by atoms with E-state index >= 15 is 0 Å². The van der Waals surface area contributed by atoms with Crippen molar-refractivity contribution in [3.8, 4) is 6.07 Å². The van der Waals surface area contributed by atoms with Crippen molar-refractivity contribution >= 4 is 0 Å². The minimum Gasteiger partial charge on any atom is -0.346 e. The molecule has 1 fully saturated rings. The summed E-state index contributed by atoms with van der Waals surface area (Å²) < 4.78 is 10.6. The van der Waals surface area contributed by atoms with Gasteiger partial charge < -0.3 is 9.47 Å². The molecule has 1 heterocycles. The number of hydrogen-bond acceptors (Lipinski definition) is 3. The normalized spacial score (nSPS) is 39.5. The van der Waals surface area contributed by atoms with Gasteiger partial charge in [0.2, 0.25) is 0 Å². The Labute approximate surface area is 60.5 Å². The van der Waals surface area contributed by atoms with Crippen LogP contribution in [0.15, 0.2) is 0 Å². The van der Waals surface area contributed by atoms with Crippen molar-refractivity contribution in [2.45, 2.75) is 32.2 Å². The molecule has 0 aromatic rings. The average Bonchev–Trinajstić information content (AvgIpc) is 2.12. The third kappa shape index (κ3) is 1.47. The molecule has 1 aliphatic rings. The molecule has 0 aromatic carbocycles. The topological polar surface area (TPSA) is 42.2 Å². The zero-order chi connectivity index (χ0) is 7.61. The molecule has 0 saturated carbocycles. The van der Waals surface area contributed by atoms with Crippen LogP contribution in [-0.2, 0) is 9.47 Å². The van der Waals surface area contributed by atoms with Crippen LogP contribution in [0, 0.1) is 11.3 Å². The van der Waals surface area contributed by atoms with Crippen molar-refractivity contribution in [2.75, 3.05) is 6.61 Å². The molecule has 0 radical (unpaired) electrons. The van der Waals surface area contributed by atoms with E-state index in [-0.39, 0.29) is 6.10 Å². The zero-order valence-electron chi connectivity index (χ0n) is 6.26. The van der Waals surface area contributed by atoms with E-state index in [4.69, 9.17) is 14.7 Å². The quantitative estimate of drug-likeness (QED) is 0.548. The lowest BCUT2D eigenvalue weighted by Crippen LogP contribution is -2.25.